The number of nitrogens with one attached hydrogen (secondary N) is 1. The van der Waals surface area contributed by atoms with E-state index in [2.05, 4.69) is 22.7 Å². The zero-order valence-electron chi connectivity index (χ0n) is 10.9. The van der Waals surface area contributed by atoms with Gasteiger partial charge in [0.25, 0.3) is 0 Å². The molecule has 3 nitrogen and oxygen atoms in total. The molecule has 1 unspecified atom stereocenters. The number of methoxy groups -OCH3 is 1. The second-order valence-corrected chi connectivity index (χ2v) is 5.78. The lowest BCUT2D eigenvalue weighted by atomic mass is 10.2. The molecule has 1 heterocycles. The summed E-state index contributed by atoms with van der Waals surface area (Å²) in [6.45, 7) is 3.18. The van der Waals surface area contributed by atoms with Crippen LogP contribution in [0.2, 0.25) is 0 Å². The molecule has 0 fully saturated rings. The number of benzene rings is 1. The molecule has 0 bridgehead atoms. The Morgan fingerprint density at radius 1 is 1.50 bits per heavy atom. The van der Waals surface area contributed by atoms with Crippen molar-refractivity contribution in [3.05, 3.63) is 23.0 Å². The van der Waals surface area contributed by atoms with Crippen molar-refractivity contribution in [3.8, 4) is 5.75 Å². The fraction of sp³-hybridized carbons (Fsp3) is 0.462. The van der Waals surface area contributed by atoms with Crippen LogP contribution in [0.4, 0.5) is 0 Å². The molecule has 0 aliphatic carbocycles. The third-order valence-electron chi connectivity index (χ3n) is 2.93. The van der Waals surface area contributed by atoms with Crippen molar-refractivity contribution in [1.29, 1.82) is 0 Å². The van der Waals surface area contributed by atoms with Crippen molar-refractivity contribution in [2.24, 2.45) is 5.92 Å². The Kier molecular flexibility index (Phi) is 4.35. The highest BCUT2D eigenvalue weighted by molar-refractivity contribution is 7.98. The minimum Gasteiger partial charge on any atom is -0.497 e. The van der Waals surface area contributed by atoms with E-state index in [0.29, 0.717) is 5.92 Å². The molecule has 2 aromatic rings. The molecule has 1 aromatic heterocycles. The van der Waals surface area contributed by atoms with Gasteiger partial charge in [0, 0.05) is 12.6 Å². The minimum absolute atomic E-state index is 0.594. The summed E-state index contributed by atoms with van der Waals surface area (Å²) in [6, 6.07) is 6.00. The van der Waals surface area contributed by atoms with Gasteiger partial charge in [-0.05, 0) is 42.3 Å². The van der Waals surface area contributed by atoms with E-state index in [-0.39, 0.29) is 0 Å². The molecule has 0 saturated heterocycles. The number of H-pyrrole nitrogens is 1. The van der Waals surface area contributed by atoms with Crippen LogP contribution in [0, 0.1) is 10.7 Å². The number of imidazole rings is 1. The van der Waals surface area contributed by atoms with E-state index in [0.717, 1.165) is 33.9 Å². The Bertz CT molecular complexity index is 588. The van der Waals surface area contributed by atoms with E-state index in [4.69, 9.17) is 17.0 Å². The number of aromatic nitrogens is 2. The van der Waals surface area contributed by atoms with Crippen molar-refractivity contribution in [2.75, 3.05) is 19.1 Å². The number of rotatable bonds is 5. The minimum atomic E-state index is 0.594. The second-order valence-electron chi connectivity index (χ2n) is 4.48. The first-order valence-corrected chi connectivity index (χ1v) is 7.71. The maximum Gasteiger partial charge on any atom is 0.178 e. The first-order chi connectivity index (χ1) is 8.65. The average molecular weight is 282 g/mol. The highest BCUT2D eigenvalue weighted by Crippen LogP contribution is 2.22. The number of ether oxygens (including phenoxy) is 1. The Morgan fingerprint density at radius 2 is 2.28 bits per heavy atom. The van der Waals surface area contributed by atoms with Crippen LogP contribution < -0.4 is 4.74 Å². The smallest absolute Gasteiger partial charge is 0.178 e. The van der Waals surface area contributed by atoms with Gasteiger partial charge in [0.05, 0.1) is 18.1 Å². The first kappa shape index (κ1) is 13.5. The molecular formula is C13H18N2OS2. The Balaban J connectivity index is 2.41. The van der Waals surface area contributed by atoms with E-state index in [1.54, 1.807) is 7.11 Å². The van der Waals surface area contributed by atoms with Crippen molar-refractivity contribution in [2.45, 2.75) is 13.5 Å². The van der Waals surface area contributed by atoms with Crippen molar-refractivity contribution < 1.29 is 4.74 Å². The molecule has 0 radical (unpaired) electrons. The lowest BCUT2D eigenvalue weighted by Crippen LogP contribution is -2.09. The predicted octanol–water partition coefficient (Wildman–Crippen LogP) is 3.71. The van der Waals surface area contributed by atoms with E-state index in [1.807, 2.05) is 30.0 Å². The molecule has 0 saturated carbocycles. The summed E-state index contributed by atoms with van der Waals surface area (Å²) in [7, 11) is 1.68. The number of hydrogen-bond acceptors (Lipinski definition) is 3. The molecule has 5 heteroatoms. The van der Waals surface area contributed by atoms with Gasteiger partial charge in [-0.2, -0.15) is 11.8 Å². The highest BCUT2D eigenvalue weighted by atomic mass is 32.2. The van der Waals surface area contributed by atoms with Crippen LogP contribution in [0.15, 0.2) is 18.2 Å². The second kappa shape index (κ2) is 5.80. The van der Waals surface area contributed by atoms with Gasteiger partial charge < -0.3 is 14.3 Å². The molecule has 0 aliphatic rings. The number of nitrogens with zero attached hydrogens (tertiary/aromatic N) is 1. The van der Waals surface area contributed by atoms with E-state index in [1.165, 1.54) is 0 Å². The van der Waals surface area contributed by atoms with E-state index >= 15 is 0 Å². The molecule has 0 spiro atoms. The van der Waals surface area contributed by atoms with Crippen LogP contribution >= 0.6 is 24.0 Å². The van der Waals surface area contributed by atoms with Gasteiger partial charge in [-0.25, -0.2) is 0 Å². The molecular weight excluding hydrogens is 264 g/mol. The zero-order valence-corrected chi connectivity index (χ0v) is 12.5. The third-order valence-corrected chi connectivity index (χ3v) is 4.15. The van der Waals surface area contributed by atoms with E-state index in [9.17, 15) is 0 Å². The average Bonchev–Trinajstić information content (AvgIpc) is 2.65. The number of fused-ring (bicyclic) bond motifs is 1. The Hall–Kier alpha value is -0.940. The zero-order chi connectivity index (χ0) is 13.1. The molecule has 98 valence electrons. The molecule has 1 N–H and O–H groups in total. The van der Waals surface area contributed by atoms with Crippen LogP contribution in [0.1, 0.15) is 6.92 Å². The SMILES string of the molecule is COc1ccc2[nH]c(=S)n(CC(C)CSC)c2c1. The summed E-state index contributed by atoms with van der Waals surface area (Å²) in [5, 5.41) is 0. The number of hydrogen-bond donors (Lipinski definition) is 1. The lowest BCUT2D eigenvalue weighted by molar-refractivity contribution is 0.415. The maximum absolute atomic E-state index is 5.39. The topological polar surface area (TPSA) is 29.9 Å². The van der Waals surface area contributed by atoms with Crippen LogP contribution in [0.5, 0.6) is 5.75 Å². The normalized spacial score (nSPS) is 12.8. The highest BCUT2D eigenvalue weighted by Gasteiger charge is 2.09. The van der Waals surface area contributed by atoms with Gasteiger partial charge in [0.2, 0.25) is 0 Å². The molecule has 18 heavy (non-hydrogen) atoms. The van der Waals surface area contributed by atoms with Gasteiger partial charge in [-0.3, -0.25) is 0 Å². The van der Waals surface area contributed by atoms with Crippen molar-refractivity contribution in [1.82, 2.24) is 9.55 Å². The predicted molar refractivity (Wildman–Crippen MR) is 81.2 cm³/mol. The van der Waals surface area contributed by atoms with Gasteiger partial charge in [0.15, 0.2) is 4.77 Å². The van der Waals surface area contributed by atoms with Crippen LogP contribution in [-0.2, 0) is 6.54 Å². The largest absolute Gasteiger partial charge is 0.497 e. The molecule has 2 rings (SSSR count). The fourth-order valence-corrected chi connectivity index (χ4v) is 3.05. The lowest BCUT2D eigenvalue weighted by Gasteiger charge is -2.11. The summed E-state index contributed by atoms with van der Waals surface area (Å²) in [5.41, 5.74) is 2.18. The monoisotopic (exact) mass is 282 g/mol. The van der Waals surface area contributed by atoms with Gasteiger partial charge in [-0.15, -0.1) is 0 Å². The van der Waals surface area contributed by atoms with Crippen LogP contribution in [-0.4, -0.2) is 28.7 Å². The van der Waals surface area contributed by atoms with Crippen LogP contribution in [0.3, 0.4) is 0 Å². The third kappa shape index (κ3) is 2.72. The Labute approximate surface area is 117 Å². The summed E-state index contributed by atoms with van der Waals surface area (Å²) in [5.74, 6) is 2.60. The number of thioether (sulfide) groups is 1. The quantitative estimate of drug-likeness (QED) is 0.848. The van der Waals surface area contributed by atoms with E-state index < -0.39 is 0 Å². The number of aromatic amines is 1. The first-order valence-electron chi connectivity index (χ1n) is 5.91. The summed E-state index contributed by atoms with van der Waals surface area (Å²) in [6.07, 6.45) is 2.13. The fourth-order valence-electron chi connectivity index (χ4n) is 2.09. The molecule has 1 atom stereocenters. The standard InChI is InChI=1S/C13H18N2OS2/c1-9(8-18-3)7-15-12-6-10(16-2)4-5-11(12)14-13(15)17/h4-6,9H,7-8H2,1-3H3,(H,14,17). The Morgan fingerprint density at radius 3 is 2.94 bits per heavy atom. The van der Waals surface area contributed by atoms with Gasteiger partial charge >= 0.3 is 0 Å². The molecule has 1 aromatic carbocycles. The summed E-state index contributed by atoms with van der Waals surface area (Å²) >= 11 is 7.26. The van der Waals surface area contributed by atoms with Gasteiger partial charge in [0.1, 0.15) is 5.75 Å². The van der Waals surface area contributed by atoms with Crippen molar-refractivity contribution >= 4 is 35.0 Å². The summed E-state index contributed by atoms with van der Waals surface area (Å²) in [4.78, 5) is 3.24. The van der Waals surface area contributed by atoms with Gasteiger partial charge in [-0.1, -0.05) is 6.92 Å². The molecule has 0 amide bonds. The maximum atomic E-state index is 5.39. The van der Waals surface area contributed by atoms with Crippen LogP contribution in [0.25, 0.3) is 11.0 Å². The van der Waals surface area contributed by atoms with Crippen molar-refractivity contribution in [3.63, 3.8) is 0 Å². The summed E-state index contributed by atoms with van der Waals surface area (Å²) < 4.78 is 8.22. The molecule has 0 aliphatic heterocycles.